The highest BCUT2D eigenvalue weighted by Gasteiger charge is 2.27. The normalized spacial score (nSPS) is 15.5. The van der Waals surface area contributed by atoms with Crippen LogP contribution in [0.2, 0.25) is 0 Å². The summed E-state index contributed by atoms with van der Waals surface area (Å²) in [6.45, 7) is 0.509. The van der Waals surface area contributed by atoms with E-state index in [1.807, 2.05) is 24.3 Å². The van der Waals surface area contributed by atoms with Crippen molar-refractivity contribution in [1.29, 1.82) is 5.26 Å². The van der Waals surface area contributed by atoms with Gasteiger partial charge in [0.15, 0.2) is 21.3 Å². The molecule has 1 aliphatic rings. The fourth-order valence-electron chi connectivity index (χ4n) is 3.70. The molecule has 0 radical (unpaired) electrons. The molecule has 160 valence electrons. The molecular weight excluding hydrogens is 428 g/mol. The van der Waals surface area contributed by atoms with Gasteiger partial charge in [0.05, 0.1) is 23.4 Å². The van der Waals surface area contributed by atoms with E-state index in [-0.39, 0.29) is 36.0 Å². The standard InChI is InChI=1S/C21H18N8O2S/c22-10-16-19(23)29-21(27-20(16)28-6-8-32(30,31)9-7-28)17(13-26-29)14-3-4-18(25-12-14)15-2-1-5-24-11-15/h1-5,11-13H,6-9,23H2. The molecule has 5 heterocycles. The van der Waals surface area contributed by atoms with Crippen LogP contribution in [-0.4, -0.2) is 57.6 Å². The highest BCUT2D eigenvalue weighted by Crippen LogP contribution is 2.31. The summed E-state index contributed by atoms with van der Waals surface area (Å²) < 4.78 is 25.1. The van der Waals surface area contributed by atoms with Crippen molar-refractivity contribution in [3.05, 3.63) is 54.6 Å². The maximum atomic E-state index is 11.8. The van der Waals surface area contributed by atoms with Gasteiger partial charge in [-0.15, -0.1) is 0 Å². The van der Waals surface area contributed by atoms with E-state index in [2.05, 4.69) is 26.1 Å². The monoisotopic (exact) mass is 446 g/mol. The molecule has 32 heavy (non-hydrogen) atoms. The molecule has 0 unspecified atom stereocenters. The van der Waals surface area contributed by atoms with Crippen molar-refractivity contribution in [1.82, 2.24) is 24.6 Å². The largest absolute Gasteiger partial charge is 0.382 e. The fraction of sp³-hybridized carbons (Fsp3) is 0.190. The van der Waals surface area contributed by atoms with E-state index in [0.717, 1.165) is 16.8 Å². The first-order valence-corrected chi connectivity index (χ1v) is 11.7. The predicted octanol–water partition coefficient (Wildman–Crippen LogP) is 1.54. The number of hydrogen-bond donors (Lipinski definition) is 1. The molecule has 0 atom stereocenters. The Kier molecular flexibility index (Phi) is 4.71. The van der Waals surface area contributed by atoms with Crippen LogP contribution in [0.4, 0.5) is 11.6 Å². The summed E-state index contributed by atoms with van der Waals surface area (Å²) in [7, 11) is -3.08. The Hall–Kier alpha value is -4.04. The van der Waals surface area contributed by atoms with Crippen molar-refractivity contribution < 1.29 is 8.42 Å². The van der Waals surface area contributed by atoms with Gasteiger partial charge in [-0.3, -0.25) is 9.97 Å². The molecule has 0 saturated carbocycles. The molecule has 0 aliphatic carbocycles. The van der Waals surface area contributed by atoms with E-state index in [1.54, 1.807) is 29.7 Å². The predicted molar refractivity (Wildman–Crippen MR) is 119 cm³/mol. The molecule has 10 nitrogen and oxygen atoms in total. The van der Waals surface area contributed by atoms with E-state index in [1.165, 1.54) is 4.52 Å². The Bertz CT molecular complexity index is 1440. The molecule has 5 rings (SSSR count). The number of anilines is 2. The molecule has 1 aliphatic heterocycles. The number of nitriles is 1. The van der Waals surface area contributed by atoms with Crippen LogP contribution in [0.1, 0.15) is 5.56 Å². The van der Waals surface area contributed by atoms with Gasteiger partial charge < -0.3 is 10.6 Å². The Morgan fingerprint density at radius 3 is 2.53 bits per heavy atom. The third-order valence-electron chi connectivity index (χ3n) is 5.45. The molecule has 4 aromatic rings. The number of sulfone groups is 1. The van der Waals surface area contributed by atoms with Gasteiger partial charge in [0.25, 0.3) is 0 Å². The van der Waals surface area contributed by atoms with Crippen LogP contribution in [0.25, 0.3) is 28.0 Å². The van der Waals surface area contributed by atoms with Crippen molar-refractivity contribution in [2.45, 2.75) is 0 Å². The topological polar surface area (TPSA) is 143 Å². The number of aromatic nitrogens is 5. The third-order valence-corrected chi connectivity index (χ3v) is 7.06. The van der Waals surface area contributed by atoms with Crippen LogP contribution >= 0.6 is 0 Å². The number of nitrogen functional groups attached to an aromatic ring is 1. The molecule has 1 fully saturated rings. The van der Waals surface area contributed by atoms with Crippen LogP contribution in [0.5, 0.6) is 0 Å². The smallest absolute Gasteiger partial charge is 0.167 e. The Morgan fingerprint density at radius 2 is 1.88 bits per heavy atom. The van der Waals surface area contributed by atoms with E-state index < -0.39 is 9.84 Å². The van der Waals surface area contributed by atoms with Gasteiger partial charge in [-0.1, -0.05) is 6.07 Å². The number of nitrogens with two attached hydrogens (primary N) is 1. The van der Waals surface area contributed by atoms with Crippen molar-refractivity contribution in [2.24, 2.45) is 0 Å². The average Bonchev–Trinajstić information content (AvgIpc) is 3.24. The number of fused-ring (bicyclic) bond motifs is 1. The minimum Gasteiger partial charge on any atom is -0.382 e. The maximum absolute atomic E-state index is 11.8. The summed E-state index contributed by atoms with van der Waals surface area (Å²) in [6, 6.07) is 9.67. The van der Waals surface area contributed by atoms with Crippen LogP contribution < -0.4 is 10.6 Å². The summed E-state index contributed by atoms with van der Waals surface area (Å²) in [5.74, 6) is 0.550. The van der Waals surface area contributed by atoms with Crippen molar-refractivity contribution in [2.75, 3.05) is 35.2 Å². The van der Waals surface area contributed by atoms with E-state index in [9.17, 15) is 13.7 Å². The molecule has 2 N–H and O–H groups in total. The lowest BCUT2D eigenvalue weighted by Crippen LogP contribution is -2.41. The maximum Gasteiger partial charge on any atom is 0.167 e. The molecule has 0 amide bonds. The zero-order valence-electron chi connectivity index (χ0n) is 16.9. The molecule has 0 spiro atoms. The molecule has 1 saturated heterocycles. The minimum atomic E-state index is -3.08. The van der Waals surface area contributed by atoms with Crippen molar-refractivity contribution >= 4 is 27.1 Å². The average molecular weight is 446 g/mol. The zero-order chi connectivity index (χ0) is 22.3. The lowest BCUT2D eigenvalue weighted by Gasteiger charge is -2.28. The second-order valence-electron chi connectivity index (χ2n) is 7.41. The van der Waals surface area contributed by atoms with Gasteiger partial charge in [0, 0.05) is 48.4 Å². The Labute approximate surface area is 183 Å². The SMILES string of the molecule is N#Cc1c(N2CCS(=O)(=O)CC2)nc2c(-c3ccc(-c4cccnc4)nc3)cnn2c1N. The number of pyridine rings is 2. The number of rotatable bonds is 3. The summed E-state index contributed by atoms with van der Waals surface area (Å²) in [6.07, 6.45) is 6.81. The first-order chi connectivity index (χ1) is 15.5. The second kappa shape index (κ2) is 7.58. The van der Waals surface area contributed by atoms with Crippen LogP contribution in [0, 0.1) is 11.3 Å². The summed E-state index contributed by atoms with van der Waals surface area (Å²) in [5.41, 5.74) is 10.1. The Morgan fingerprint density at radius 1 is 1.06 bits per heavy atom. The first-order valence-electron chi connectivity index (χ1n) is 9.86. The Balaban J connectivity index is 1.58. The van der Waals surface area contributed by atoms with Crippen molar-refractivity contribution in [3.63, 3.8) is 0 Å². The molecule has 0 aromatic carbocycles. The van der Waals surface area contributed by atoms with Gasteiger partial charge in [-0.2, -0.15) is 14.9 Å². The summed E-state index contributed by atoms with van der Waals surface area (Å²) >= 11 is 0. The highest BCUT2D eigenvalue weighted by atomic mass is 32.2. The summed E-state index contributed by atoms with van der Waals surface area (Å²) in [4.78, 5) is 15.1. The fourth-order valence-corrected chi connectivity index (χ4v) is 4.91. The first kappa shape index (κ1) is 19.9. The number of nitrogens with zero attached hydrogens (tertiary/aromatic N) is 7. The van der Waals surface area contributed by atoms with Crippen LogP contribution in [0.3, 0.4) is 0 Å². The molecule has 4 aromatic heterocycles. The molecule has 11 heteroatoms. The zero-order valence-corrected chi connectivity index (χ0v) is 17.7. The number of hydrogen-bond acceptors (Lipinski definition) is 9. The quantitative estimate of drug-likeness (QED) is 0.495. The van der Waals surface area contributed by atoms with Crippen LogP contribution in [0.15, 0.2) is 49.1 Å². The van der Waals surface area contributed by atoms with E-state index in [4.69, 9.17) is 5.73 Å². The molecule has 0 bridgehead atoms. The van der Waals surface area contributed by atoms with E-state index >= 15 is 0 Å². The van der Waals surface area contributed by atoms with Gasteiger partial charge in [-0.25, -0.2) is 13.4 Å². The van der Waals surface area contributed by atoms with E-state index in [0.29, 0.717) is 17.0 Å². The van der Waals surface area contributed by atoms with Crippen molar-refractivity contribution in [3.8, 4) is 28.5 Å². The molecular formula is C21H18N8O2S. The van der Waals surface area contributed by atoms with Gasteiger partial charge in [-0.05, 0) is 18.2 Å². The highest BCUT2D eigenvalue weighted by molar-refractivity contribution is 7.91. The lowest BCUT2D eigenvalue weighted by molar-refractivity contribution is 0.586. The van der Waals surface area contributed by atoms with Gasteiger partial charge >= 0.3 is 0 Å². The summed E-state index contributed by atoms with van der Waals surface area (Å²) in [5, 5.41) is 14.0. The third kappa shape index (κ3) is 3.40. The lowest BCUT2D eigenvalue weighted by atomic mass is 10.1. The minimum absolute atomic E-state index is 0.0104. The van der Waals surface area contributed by atoms with Crippen LogP contribution in [-0.2, 0) is 9.84 Å². The van der Waals surface area contributed by atoms with Gasteiger partial charge in [0.1, 0.15) is 17.5 Å². The second-order valence-corrected chi connectivity index (χ2v) is 9.72. The van der Waals surface area contributed by atoms with Gasteiger partial charge in [0.2, 0.25) is 0 Å².